The van der Waals surface area contributed by atoms with Crippen LogP contribution in [-0.2, 0) is 11.2 Å². The second-order valence-electron chi connectivity index (χ2n) is 6.74. The number of nitrogens with one attached hydrogen (secondary N) is 1. The van der Waals surface area contributed by atoms with Crippen LogP contribution in [0.5, 0.6) is 0 Å². The molecule has 1 aromatic heterocycles. The van der Waals surface area contributed by atoms with E-state index in [1.54, 1.807) is 35.3 Å². The Balaban J connectivity index is 1.62. The molecule has 7 heteroatoms. The Hall–Kier alpha value is -3.41. The maximum absolute atomic E-state index is 12.7. The Morgan fingerprint density at radius 3 is 2.26 bits per heavy atom. The van der Waals surface area contributed by atoms with E-state index in [0.717, 1.165) is 11.1 Å². The van der Waals surface area contributed by atoms with E-state index in [1.807, 2.05) is 60.7 Å². The van der Waals surface area contributed by atoms with Crippen LogP contribution in [0.15, 0.2) is 90.2 Å². The normalized spacial score (nSPS) is 11.0. The van der Waals surface area contributed by atoms with Crippen LogP contribution in [0.25, 0.3) is 11.3 Å². The lowest BCUT2D eigenvalue weighted by molar-refractivity contribution is -0.115. The zero-order valence-corrected chi connectivity index (χ0v) is 17.9. The van der Waals surface area contributed by atoms with Gasteiger partial charge in [-0.25, -0.2) is 9.66 Å². The molecule has 0 unspecified atom stereocenters. The summed E-state index contributed by atoms with van der Waals surface area (Å²) in [7, 11) is 0. The SMILES string of the molecule is O=C(Cc1c(Cl)cccc1Cl)Nc1nc(-c2ccccc2)cn1N=Cc1ccccc1. The molecule has 1 heterocycles. The van der Waals surface area contributed by atoms with Crippen molar-refractivity contribution >= 4 is 41.3 Å². The molecule has 0 aliphatic rings. The number of nitrogens with zero attached hydrogens (tertiary/aromatic N) is 3. The fourth-order valence-electron chi connectivity index (χ4n) is 2.99. The van der Waals surface area contributed by atoms with Crippen LogP contribution in [0.3, 0.4) is 0 Å². The molecule has 3 aromatic carbocycles. The molecule has 0 saturated carbocycles. The summed E-state index contributed by atoms with van der Waals surface area (Å²) in [5, 5.41) is 8.19. The number of anilines is 1. The van der Waals surface area contributed by atoms with E-state index < -0.39 is 0 Å². The van der Waals surface area contributed by atoms with Gasteiger partial charge in [-0.05, 0) is 23.3 Å². The first-order valence-electron chi connectivity index (χ1n) is 9.57. The van der Waals surface area contributed by atoms with Gasteiger partial charge in [0.2, 0.25) is 11.9 Å². The summed E-state index contributed by atoms with van der Waals surface area (Å²) in [5.74, 6) is 0.00980. The van der Waals surface area contributed by atoms with Crippen molar-refractivity contribution in [2.45, 2.75) is 6.42 Å². The summed E-state index contributed by atoms with van der Waals surface area (Å²) in [5.41, 5.74) is 3.10. The van der Waals surface area contributed by atoms with Crippen molar-refractivity contribution in [2.24, 2.45) is 5.10 Å². The summed E-state index contributed by atoms with van der Waals surface area (Å²) in [4.78, 5) is 17.3. The standard InChI is InChI=1S/C24H18Cl2N4O/c25-20-12-7-13-21(26)19(20)14-23(31)29-24-28-22(18-10-5-2-6-11-18)16-30(24)27-15-17-8-3-1-4-9-17/h1-13,15-16H,14H2,(H,28,29,31). The summed E-state index contributed by atoms with van der Waals surface area (Å²) < 4.78 is 1.54. The molecule has 4 aromatic rings. The molecule has 0 saturated heterocycles. The summed E-state index contributed by atoms with van der Waals surface area (Å²) in [6.45, 7) is 0. The lowest BCUT2D eigenvalue weighted by atomic mass is 10.1. The zero-order chi connectivity index (χ0) is 21.6. The van der Waals surface area contributed by atoms with Gasteiger partial charge >= 0.3 is 0 Å². The highest BCUT2D eigenvalue weighted by Crippen LogP contribution is 2.25. The van der Waals surface area contributed by atoms with Gasteiger partial charge in [0, 0.05) is 15.6 Å². The first-order valence-corrected chi connectivity index (χ1v) is 10.3. The quantitative estimate of drug-likeness (QED) is 0.372. The third-order valence-corrected chi connectivity index (χ3v) is 5.25. The highest BCUT2D eigenvalue weighted by Gasteiger charge is 2.15. The van der Waals surface area contributed by atoms with Gasteiger partial charge in [-0.2, -0.15) is 5.10 Å². The van der Waals surface area contributed by atoms with Crippen molar-refractivity contribution in [3.63, 3.8) is 0 Å². The number of hydrogen-bond donors (Lipinski definition) is 1. The Kier molecular flexibility index (Phi) is 6.46. The Morgan fingerprint density at radius 1 is 0.935 bits per heavy atom. The topological polar surface area (TPSA) is 59.3 Å². The second kappa shape index (κ2) is 9.60. The molecule has 5 nitrogen and oxygen atoms in total. The average Bonchev–Trinajstić information content (AvgIpc) is 3.19. The van der Waals surface area contributed by atoms with E-state index in [2.05, 4.69) is 15.4 Å². The Morgan fingerprint density at radius 2 is 1.58 bits per heavy atom. The third-order valence-electron chi connectivity index (χ3n) is 4.54. The molecular formula is C24H18Cl2N4O. The molecule has 0 fully saturated rings. The van der Waals surface area contributed by atoms with Crippen LogP contribution < -0.4 is 5.32 Å². The molecular weight excluding hydrogens is 431 g/mol. The Labute approximate surface area is 190 Å². The fraction of sp³-hybridized carbons (Fsp3) is 0.0417. The van der Waals surface area contributed by atoms with Crippen LogP contribution >= 0.6 is 23.2 Å². The minimum absolute atomic E-state index is 0.0223. The number of amides is 1. The van der Waals surface area contributed by atoms with E-state index in [0.29, 0.717) is 27.3 Å². The molecule has 0 radical (unpaired) electrons. The summed E-state index contributed by atoms with van der Waals surface area (Å²) in [6, 6.07) is 24.5. The number of imidazole rings is 1. The van der Waals surface area contributed by atoms with Crippen LogP contribution in [0, 0.1) is 0 Å². The molecule has 0 bridgehead atoms. The zero-order valence-electron chi connectivity index (χ0n) is 16.4. The van der Waals surface area contributed by atoms with E-state index >= 15 is 0 Å². The van der Waals surface area contributed by atoms with Crippen molar-refractivity contribution in [1.29, 1.82) is 0 Å². The first-order chi connectivity index (χ1) is 15.1. The van der Waals surface area contributed by atoms with E-state index in [-0.39, 0.29) is 12.3 Å². The van der Waals surface area contributed by atoms with Gasteiger partial charge < -0.3 is 0 Å². The predicted molar refractivity (Wildman–Crippen MR) is 126 cm³/mol. The van der Waals surface area contributed by atoms with Gasteiger partial charge in [-0.3, -0.25) is 10.1 Å². The highest BCUT2D eigenvalue weighted by molar-refractivity contribution is 6.36. The van der Waals surface area contributed by atoms with Crippen LogP contribution in [0.2, 0.25) is 10.0 Å². The van der Waals surface area contributed by atoms with Crippen molar-refractivity contribution < 1.29 is 4.79 Å². The highest BCUT2D eigenvalue weighted by atomic mass is 35.5. The van der Waals surface area contributed by atoms with E-state index in [1.165, 1.54) is 0 Å². The number of aromatic nitrogens is 2. The number of hydrogen-bond acceptors (Lipinski definition) is 3. The number of rotatable bonds is 6. The van der Waals surface area contributed by atoms with Gasteiger partial charge in [0.25, 0.3) is 0 Å². The predicted octanol–water partition coefficient (Wildman–Crippen LogP) is 5.92. The van der Waals surface area contributed by atoms with Crippen molar-refractivity contribution in [3.8, 4) is 11.3 Å². The number of halogens is 2. The third kappa shape index (κ3) is 5.20. The molecule has 31 heavy (non-hydrogen) atoms. The van der Waals surface area contributed by atoms with Gasteiger partial charge in [0.05, 0.1) is 24.5 Å². The van der Waals surface area contributed by atoms with Crippen LogP contribution in [-0.4, -0.2) is 21.8 Å². The van der Waals surface area contributed by atoms with Crippen LogP contribution in [0.4, 0.5) is 5.95 Å². The van der Waals surface area contributed by atoms with Crippen molar-refractivity contribution in [3.05, 3.63) is 106 Å². The fourth-order valence-corrected chi connectivity index (χ4v) is 3.52. The largest absolute Gasteiger partial charge is 0.294 e. The molecule has 1 amide bonds. The summed E-state index contributed by atoms with van der Waals surface area (Å²) in [6.07, 6.45) is 3.50. The number of carbonyl (C=O) groups is 1. The molecule has 0 spiro atoms. The maximum atomic E-state index is 12.7. The molecule has 1 N–H and O–H groups in total. The average molecular weight is 449 g/mol. The lowest BCUT2D eigenvalue weighted by Gasteiger charge is -2.08. The minimum atomic E-state index is -0.295. The minimum Gasteiger partial charge on any atom is -0.294 e. The maximum Gasteiger partial charge on any atom is 0.231 e. The smallest absolute Gasteiger partial charge is 0.231 e. The van der Waals surface area contributed by atoms with Crippen molar-refractivity contribution in [1.82, 2.24) is 9.66 Å². The molecule has 4 rings (SSSR count). The summed E-state index contributed by atoms with van der Waals surface area (Å²) >= 11 is 12.4. The molecule has 0 aliphatic carbocycles. The van der Waals surface area contributed by atoms with Gasteiger partial charge in [-0.1, -0.05) is 89.9 Å². The first kappa shape index (κ1) is 20.8. The van der Waals surface area contributed by atoms with Gasteiger partial charge in [-0.15, -0.1) is 0 Å². The molecule has 154 valence electrons. The van der Waals surface area contributed by atoms with Crippen molar-refractivity contribution in [2.75, 3.05) is 5.32 Å². The van der Waals surface area contributed by atoms with E-state index in [4.69, 9.17) is 23.2 Å². The van der Waals surface area contributed by atoms with Gasteiger partial charge in [0.15, 0.2) is 0 Å². The second-order valence-corrected chi connectivity index (χ2v) is 7.56. The monoisotopic (exact) mass is 448 g/mol. The Bertz CT molecular complexity index is 1200. The van der Waals surface area contributed by atoms with Crippen LogP contribution in [0.1, 0.15) is 11.1 Å². The van der Waals surface area contributed by atoms with E-state index in [9.17, 15) is 4.79 Å². The molecule has 0 aliphatic heterocycles. The lowest BCUT2D eigenvalue weighted by Crippen LogP contribution is -2.17. The molecule has 0 atom stereocenters. The number of carbonyl (C=O) groups excluding carboxylic acids is 1. The number of benzene rings is 3. The van der Waals surface area contributed by atoms with Gasteiger partial charge in [0.1, 0.15) is 0 Å².